The van der Waals surface area contributed by atoms with Crippen molar-refractivity contribution in [2.45, 2.75) is 0 Å². The number of carbonyl (C=O) groups is 1. The van der Waals surface area contributed by atoms with E-state index in [4.69, 9.17) is 4.74 Å². The molecule has 0 heterocycles. The van der Waals surface area contributed by atoms with Crippen LogP contribution in [0.25, 0.3) is 0 Å². The molecule has 1 aromatic carbocycles. The van der Waals surface area contributed by atoms with Gasteiger partial charge in [-0.1, -0.05) is 6.08 Å². The Bertz CT molecular complexity index is 374. The van der Waals surface area contributed by atoms with E-state index in [0.717, 1.165) is 11.4 Å². The predicted octanol–water partition coefficient (Wildman–Crippen LogP) is 1.43. The van der Waals surface area contributed by atoms with Gasteiger partial charge in [-0.25, -0.2) is 0 Å². The predicted molar refractivity (Wildman–Crippen MR) is 69.5 cm³/mol. The highest BCUT2D eigenvalue weighted by Crippen LogP contribution is 2.19. The summed E-state index contributed by atoms with van der Waals surface area (Å²) in [5.41, 5.74) is 0.839. The van der Waals surface area contributed by atoms with Gasteiger partial charge >= 0.3 is 0 Å². The third kappa shape index (κ3) is 3.60. The highest BCUT2D eigenvalue weighted by molar-refractivity contribution is 5.95. The monoisotopic (exact) mass is 234 g/mol. The topological polar surface area (TPSA) is 41.6 Å². The molecule has 17 heavy (non-hydrogen) atoms. The maximum atomic E-state index is 11.9. The van der Waals surface area contributed by atoms with Crippen LogP contribution in [0.5, 0.6) is 5.75 Å². The molecule has 0 aromatic heterocycles. The second kappa shape index (κ2) is 6.70. The summed E-state index contributed by atoms with van der Waals surface area (Å²) < 4.78 is 5.08. The number of amides is 1. The summed E-state index contributed by atoms with van der Waals surface area (Å²) in [6.07, 6.45) is 1.71. The van der Waals surface area contributed by atoms with Crippen LogP contribution in [0.2, 0.25) is 0 Å². The Morgan fingerprint density at radius 1 is 1.47 bits per heavy atom. The second-order valence-corrected chi connectivity index (χ2v) is 3.52. The Labute approximate surface area is 102 Å². The highest BCUT2D eigenvalue weighted by Gasteiger charge is 2.13. The van der Waals surface area contributed by atoms with Crippen LogP contribution < -0.4 is 15.0 Å². The Kier molecular flexibility index (Phi) is 5.23. The molecular weight excluding hydrogens is 216 g/mol. The first kappa shape index (κ1) is 13.3. The van der Waals surface area contributed by atoms with E-state index < -0.39 is 0 Å². The number of rotatable bonds is 6. The molecule has 0 aliphatic carbocycles. The number of likely N-dealkylation sites (N-methyl/N-ethyl adjacent to an activating group) is 1. The van der Waals surface area contributed by atoms with Crippen LogP contribution in [0.1, 0.15) is 0 Å². The van der Waals surface area contributed by atoms with Crippen molar-refractivity contribution in [1.29, 1.82) is 0 Å². The lowest BCUT2D eigenvalue weighted by Crippen LogP contribution is -2.37. The quantitative estimate of drug-likeness (QED) is 0.757. The van der Waals surface area contributed by atoms with Gasteiger partial charge in [0.05, 0.1) is 13.7 Å². The summed E-state index contributed by atoms with van der Waals surface area (Å²) in [7, 11) is 3.36. The molecule has 1 amide bonds. The van der Waals surface area contributed by atoms with Crippen molar-refractivity contribution >= 4 is 11.6 Å². The summed E-state index contributed by atoms with van der Waals surface area (Å²) in [6.45, 7) is 4.46. The van der Waals surface area contributed by atoms with E-state index in [1.807, 2.05) is 24.3 Å². The summed E-state index contributed by atoms with van der Waals surface area (Å²) in [4.78, 5) is 13.5. The molecule has 0 saturated heterocycles. The van der Waals surface area contributed by atoms with Crippen LogP contribution in [0.4, 0.5) is 5.69 Å². The second-order valence-electron chi connectivity index (χ2n) is 3.52. The molecule has 1 rings (SSSR count). The molecule has 1 N–H and O–H groups in total. The normalized spacial score (nSPS) is 9.76. The SMILES string of the molecule is C=CCN(C(=O)CNC)c1ccc(OC)cc1. The van der Waals surface area contributed by atoms with E-state index in [2.05, 4.69) is 11.9 Å². The first-order valence-corrected chi connectivity index (χ1v) is 5.42. The Hall–Kier alpha value is -1.81. The number of hydrogen-bond acceptors (Lipinski definition) is 3. The molecule has 0 saturated carbocycles. The highest BCUT2D eigenvalue weighted by atomic mass is 16.5. The molecule has 4 heteroatoms. The number of anilines is 1. The van der Waals surface area contributed by atoms with Crippen molar-refractivity contribution in [2.24, 2.45) is 0 Å². The molecule has 0 unspecified atom stereocenters. The van der Waals surface area contributed by atoms with Crippen LogP contribution in [0, 0.1) is 0 Å². The van der Waals surface area contributed by atoms with Crippen molar-refractivity contribution in [1.82, 2.24) is 5.32 Å². The molecule has 92 valence electrons. The van der Waals surface area contributed by atoms with Crippen LogP contribution in [0.3, 0.4) is 0 Å². The van der Waals surface area contributed by atoms with E-state index in [-0.39, 0.29) is 5.91 Å². The molecule has 0 bridgehead atoms. The number of carbonyl (C=O) groups excluding carboxylic acids is 1. The average Bonchev–Trinajstić information content (AvgIpc) is 2.36. The van der Waals surface area contributed by atoms with Crippen molar-refractivity contribution in [3.05, 3.63) is 36.9 Å². The summed E-state index contributed by atoms with van der Waals surface area (Å²) >= 11 is 0. The molecule has 0 aliphatic rings. The lowest BCUT2D eigenvalue weighted by atomic mass is 10.2. The lowest BCUT2D eigenvalue weighted by Gasteiger charge is -2.21. The van der Waals surface area contributed by atoms with Crippen LogP contribution in [0.15, 0.2) is 36.9 Å². The Balaban J connectivity index is 2.88. The Morgan fingerprint density at radius 3 is 2.59 bits per heavy atom. The largest absolute Gasteiger partial charge is 0.497 e. The van der Waals surface area contributed by atoms with Gasteiger partial charge in [0.1, 0.15) is 5.75 Å². The third-order valence-electron chi connectivity index (χ3n) is 2.32. The van der Waals surface area contributed by atoms with Crippen LogP contribution >= 0.6 is 0 Å². The van der Waals surface area contributed by atoms with Crippen LogP contribution in [-0.4, -0.2) is 33.2 Å². The fraction of sp³-hybridized carbons (Fsp3) is 0.308. The minimum atomic E-state index is 0.0116. The molecule has 0 atom stereocenters. The van der Waals surface area contributed by atoms with Crippen LogP contribution in [-0.2, 0) is 4.79 Å². The summed E-state index contributed by atoms with van der Waals surface area (Å²) in [5, 5.41) is 2.85. The van der Waals surface area contributed by atoms with Gasteiger partial charge in [0, 0.05) is 12.2 Å². The van der Waals surface area contributed by atoms with E-state index >= 15 is 0 Å². The maximum absolute atomic E-state index is 11.9. The zero-order valence-electron chi connectivity index (χ0n) is 10.3. The maximum Gasteiger partial charge on any atom is 0.241 e. The standard InChI is InChI=1S/C13H18N2O2/c1-4-9-15(13(16)10-14-2)11-5-7-12(17-3)8-6-11/h4-8,14H,1,9-10H2,2-3H3. The molecule has 1 aromatic rings. The van der Waals surface area contributed by atoms with Gasteiger partial charge in [0.25, 0.3) is 0 Å². The first-order valence-electron chi connectivity index (χ1n) is 5.42. The average molecular weight is 234 g/mol. The third-order valence-corrected chi connectivity index (χ3v) is 2.32. The van der Waals surface area contributed by atoms with E-state index in [1.54, 1.807) is 25.1 Å². The number of hydrogen-bond donors (Lipinski definition) is 1. The molecular formula is C13H18N2O2. The molecule has 0 aliphatic heterocycles. The van der Waals surface area contributed by atoms with Gasteiger partial charge < -0.3 is 15.0 Å². The fourth-order valence-electron chi connectivity index (χ4n) is 1.49. The number of nitrogens with zero attached hydrogens (tertiary/aromatic N) is 1. The van der Waals surface area contributed by atoms with Crippen molar-refractivity contribution in [3.63, 3.8) is 0 Å². The summed E-state index contributed by atoms with van der Waals surface area (Å²) in [5.74, 6) is 0.783. The van der Waals surface area contributed by atoms with Crippen molar-refractivity contribution < 1.29 is 9.53 Å². The first-order chi connectivity index (χ1) is 8.22. The van der Waals surface area contributed by atoms with Gasteiger partial charge in [0.15, 0.2) is 0 Å². The lowest BCUT2D eigenvalue weighted by molar-refractivity contribution is -0.117. The van der Waals surface area contributed by atoms with Gasteiger partial charge in [-0.05, 0) is 31.3 Å². The zero-order valence-corrected chi connectivity index (χ0v) is 10.3. The minimum absolute atomic E-state index is 0.0116. The van der Waals surface area contributed by atoms with Crippen molar-refractivity contribution in [2.75, 3.05) is 32.1 Å². The number of nitrogens with one attached hydrogen (secondary N) is 1. The Morgan fingerprint density at radius 2 is 2.12 bits per heavy atom. The number of methoxy groups -OCH3 is 1. The molecule has 0 fully saturated rings. The van der Waals surface area contributed by atoms with Crippen molar-refractivity contribution in [3.8, 4) is 5.75 Å². The number of benzene rings is 1. The number of ether oxygens (including phenoxy) is 1. The summed E-state index contributed by atoms with van der Waals surface area (Å²) in [6, 6.07) is 7.38. The molecule has 0 spiro atoms. The molecule has 0 radical (unpaired) electrons. The minimum Gasteiger partial charge on any atom is -0.497 e. The van der Waals surface area contributed by atoms with Gasteiger partial charge in [-0.2, -0.15) is 0 Å². The van der Waals surface area contributed by atoms with E-state index in [1.165, 1.54) is 0 Å². The smallest absolute Gasteiger partial charge is 0.241 e. The fourth-order valence-corrected chi connectivity index (χ4v) is 1.49. The van der Waals surface area contributed by atoms with Gasteiger partial charge in [-0.3, -0.25) is 4.79 Å². The van der Waals surface area contributed by atoms with Gasteiger partial charge in [0.2, 0.25) is 5.91 Å². The van der Waals surface area contributed by atoms with E-state index in [9.17, 15) is 4.79 Å². The molecule has 4 nitrogen and oxygen atoms in total. The zero-order chi connectivity index (χ0) is 12.7. The van der Waals surface area contributed by atoms with E-state index in [0.29, 0.717) is 13.1 Å². The van der Waals surface area contributed by atoms with Gasteiger partial charge in [-0.15, -0.1) is 6.58 Å².